The molecule has 0 spiro atoms. The van der Waals surface area contributed by atoms with Crippen LogP contribution in [-0.4, -0.2) is 18.1 Å². The summed E-state index contributed by atoms with van der Waals surface area (Å²) in [6.45, 7) is 5.25. The first-order valence-electron chi connectivity index (χ1n) is 8.80. The van der Waals surface area contributed by atoms with Gasteiger partial charge in [0.25, 0.3) is 0 Å². The molecule has 0 fully saturated rings. The minimum Gasteiger partial charge on any atom is -0.462 e. The predicted octanol–water partition coefficient (Wildman–Crippen LogP) is 5.05. The Bertz CT molecular complexity index is 942. The molecule has 2 aromatic carbocycles. The molecular formula is C19H20F4NO5P. The third-order valence-electron chi connectivity index (χ3n) is 3.68. The summed E-state index contributed by atoms with van der Waals surface area (Å²) in [5, 5.41) is 2.19. The molecule has 0 saturated carbocycles. The van der Waals surface area contributed by atoms with Crippen molar-refractivity contribution in [1.29, 1.82) is 0 Å². The van der Waals surface area contributed by atoms with Crippen molar-refractivity contribution >= 4 is 13.7 Å². The van der Waals surface area contributed by atoms with Gasteiger partial charge in [0.2, 0.25) is 11.6 Å². The molecule has 0 amide bonds. The van der Waals surface area contributed by atoms with Gasteiger partial charge in [-0.25, -0.2) is 17.7 Å². The molecule has 0 saturated heterocycles. The van der Waals surface area contributed by atoms with Crippen molar-refractivity contribution in [2.24, 2.45) is 0 Å². The van der Waals surface area contributed by atoms with E-state index in [0.717, 1.165) is 6.92 Å². The quantitative estimate of drug-likeness (QED) is 0.200. The van der Waals surface area contributed by atoms with E-state index in [2.05, 4.69) is 5.09 Å². The highest BCUT2D eigenvalue weighted by atomic mass is 31.2. The fourth-order valence-electron chi connectivity index (χ4n) is 2.24. The lowest BCUT2D eigenvalue weighted by Gasteiger charge is -2.24. The van der Waals surface area contributed by atoms with Crippen LogP contribution in [0.4, 0.5) is 17.6 Å². The summed E-state index contributed by atoms with van der Waals surface area (Å²) in [5.41, 5.74) is -0.887. The van der Waals surface area contributed by atoms with Crippen molar-refractivity contribution in [3.8, 4) is 11.5 Å². The van der Waals surface area contributed by atoms with Crippen molar-refractivity contribution < 1.29 is 40.7 Å². The number of rotatable bonds is 8. The Morgan fingerprint density at radius 2 is 1.53 bits per heavy atom. The first kappa shape index (κ1) is 23.7. The molecule has 1 N–H and O–H groups in total. The van der Waals surface area contributed by atoms with E-state index < -0.39 is 60.4 Å². The first-order valence-corrected chi connectivity index (χ1v) is 10.3. The Kier molecular flexibility index (Phi) is 7.49. The number of ether oxygens (including phenoxy) is 1. The SMILES string of the molecule is Cc1c(F)c(F)c(F)c(O[P@@](=O)(N[C@H](C)C(=O)OC(C)C)Oc2ccccc2)c1F. The van der Waals surface area contributed by atoms with Crippen LogP contribution in [0.1, 0.15) is 26.3 Å². The van der Waals surface area contributed by atoms with Gasteiger partial charge in [0.15, 0.2) is 17.5 Å². The first-order chi connectivity index (χ1) is 13.9. The highest BCUT2D eigenvalue weighted by Crippen LogP contribution is 2.47. The van der Waals surface area contributed by atoms with Gasteiger partial charge in [0, 0.05) is 5.56 Å². The topological polar surface area (TPSA) is 73.9 Å². The molecule has 0 aliphatic heterocycles. The van der Waals surface area contributed by atoms with Gasteiger partial charge in [-0.2, -0.15) is 9.48 Å². The molecule has 164 valence electrons. The number of hydrogen-bond acceptors (Lipinski definition) is 5. The number of halogens is 4. The van der Waals surface area contributed by atoms with Crippen molar-refractivity contribution in [2.75, 3.05) is 0 Å². The van der Waals surface area contributed by atoms with Gasteiger partial charge in [-0.3, -0.25) is 4.79 Å². The smallest absolute Gasteiger partial charge is 0.462 e. The Morgan fingerprint density at radius 1 is 0.933 bits per heavy atom. The third kappa shape index (κ3) is 5.52. The zero-order valence-electron chi connectivity index (χ0n) is 16.5. The van der Waals surface area contributed by atoms with E-state index in [1.807, 2.05) is 0 Å². The molecular weight excluding hydrogens is 429 g/mol. The molecule has 0 aliphatic rings. The average Bonchev–Trinajstić information content (AvgIpc) is 2.68. The van der Waals surface area contributed by atoms with Crippen LogP contribution < -0.4 is 14.1 Å². The number of benzene rings is 2. The summed E-state index contributed by atoms with van der Waals surface area (Å²) in [6, 6.07) is 6.06. The molecule has 0 radical (unpaired) electrons. The summed E-state index contributed by atoms with van der Waals surface area (Å²) >= 11 is 0. The molecule has 6 nitrogen and oxygen atoms in total. The molecule has 2 atom stereocenters. The number of carbonyl (C=O) groups is 1. The monoisotopic (exact) mass is 449 g/mol. The summed E-state index contributed by atoms with van der Waals surface area (Å²) in [6.07, 6.45) is -0.499. The zero-order chi connectivity index (χ0) is 22.6. The standard InChI is InChI=1S/C19H20F4NO5P/c1-10(2)27-19(25)12(4)24-30(26,28-13-8-6-5-7-9-13)29-18-15(21)11(3)14(20)16(22)17(18)23/h5-10,12H,1-4H3,(H,24,26)/t12-,30-/m1/s1. The molecule has 0 heterocycles. The van der Waals surface area contributed by atoms with E-state index in [-0.39, 0.29) is 5.75 Å². The van der Waals surface area contributed by atoms with Crippen LogP contribution in [0.3, 0.4) is 0 Å². The van der Waals surface area contributed by atoms with Crippen molar-refractivity contribution in [1.82, 2.24) is 5.09 Å². The minimum absolute atomic E-state index is 0.0436. The third-order valence-corrected chi connectivity index (χ3v) is 5.26. The maximum absolute atomic E-state index is 14.4. The van der Waals surface area contributed by atoms with Gasteiger partial charge in [-0.15, -0.1) is 0 Å². The molecule has 2 aromatic rings. The molecule has 0 aliphatic carbocycles. The van der Waals surface area contributed by atoms with Crippen LogP contribution in [0.2, 0.25) is 0 Å². The predicted molar refractivity (Wildman–Crippen MR) is 100 cm³/mol. The van der Waals surface area contributed by atoms with Crippen molar-refractivity contribution in [3.63, 3.8) is 0 Å². The molecule has 30 heavy (non-hydrogen) atoms. The highest BCUT2D eigenvalue weighted by Gasteiger charge is 2.37. The second-order valence-corrected chi connectivity index (χ2v) is 8.16. The van der Waals surface area contributed by atoms with Crippen LogP contribution in [0.15, 0.2) is 30.3 Å². The Labute approximate surface area is 170 Å². The second-order valence-electron chi connectivity index (χ2n) is 6.54. The molecule has 0 aromatic heterocycles. The molecule has 2 rings (SSSR count). The highest BCUT2D eigenvalue weighted by molar-refractivity contribution is 7.52. The van der Waals surface area contributed by atoms with Gasteiger partial charge in [-0.1, -0.05) is 18.2 Å². The van der Waals surface area contributed by atoms with E-state index in [9.17, 15) is 26.9 Å². The van der Waals surface area contributed by atoms with E-state index >= 15 is 0 Å². The molecule has 0 unspecified atom stereocenters. The normalized spacial score (nSPS) is 14.2. The average molecular weight is 449 g/mol. The lowest BCUT2D eigenvalue weighted by molar-refractivity contribution is -0.149. The van der Waals surface area contributed by atoms with Gasteiger partial charge >= 0.3 is 13.7 Å². The van der Waals surface area contributed by atoms with Crippen LogP contribution in [0, 0.1) is 30.2 Å². The van der Waals surface area contributed by atoms with Gasteiger partial charge in [0.1, 0.15) is 11.8 Å². The summed E-state index contributed by atoms with van der Waals surface area (Å²) < 4.78 is 84.2. The van der Waals surface area contributed by atoms with E-state index in [1.165, 1.54) is 31.2 Å². The molecule has 11 heteroatoms. The van der Waals surface area contributed by atoms with Crippen LogP contribution in [0.25, 0.3) is 0 Å². The van der Waals surface area contributed by atoms with E-state index in [1.54, 1.807) is 19.9 Å². The number of hydrogen-bond donors (Lipinski definition) is 1. The minimum atomic E-state index is -4.75. The maximum atomic E-state index is 14.4. The molecule has 0 bridgehead atoms. The van der Waals surface area contributed by atoms with Crippen LogP contribution in [-0.2, 0) is 14.1 Å². The van der Waals surface area contributed by atoms with E-state index in [0.29, 0.717) is 0 Å². The Balaban J connectivity index is 2.45. The lowest BCUT2D eigenvalue weighted by Crippen LogP contribution is -2.37. The summed E-state index contributed by atoms with van der Waals surface area (Å²) in [7, 11) is -4.75. The fraction of sp³-hybridized carbons (Fsp3) is 0.316. The van der Waals surface area contributed by atoms with Crippen molar-refractivity contribution in [2.45, 2.75) is 39.8 Å². The van der Waals surface area contributed by atoms with E-state index in [4.69, 9.17) is 13.8 Å². The van der Waals surface area contributed by atoms with Crippen molar-refractivity contribution in [3.05, 3.63) is 59.2 Å². The van der Waals surface area contributed by atoms with Gasteiger partial charge < -0.3 is 13.8 Å². The maximum Gasteiger partial charge on any atom is 0.513 e. The lowest BCUT2D eigenvalue weighted by atomic mass is 10.2. The van der Waals surface area contributed by atoms with Crippen LogP contribution >= 0.6 is 7.75 Å². The number of carbonyl (C=O) groups excluding carboxylic acids is 1. The number of para-hydroxylation sites is 1. The summed E-state index contributed by atoms with van der Waals surface area (Å²) in [4.78, 5) is 12.0. The fourth-order valence-corrected chi connectivity index (χ4v) is 3.76. The summed E-state index contributed by atoms with van der Waals surface area (Å²) in [5.74, 6) is -9.76. The van der Waals surface area contributed by atoms with Crippen LogP contribution in [0.5, 0.6) is 11.5 Å². The zero-order valence-corrected chi connectivity index (χ0v) is 17.4. The largest absolute Gasteiger partial charge is 0.513 e. The number of nitrogens with one attached hydrogen (secondary N) is 1. The Morgan fingerprint density at radius 3 is 2.10 bits per heavy atom. The second kappa shape index (κ2) is 9.49. The number of esters is 1. The Hall–Kier alpha value is -2.58. The van der Waals surface area contributed by atoms with Gasteiger partial charge in [-0.05, 0) is 39.8 Å². The van der Waals surface area contributed by atoms with Gasteiger partial charge in [0.05, 0.1) is 6.10 Å².